The third kappa shape index (κ3) is 8.37. The molecule has 0 aromatic heterocycles. The van der Waals surface area contributed by atoms with Crippen LogP contribution >= 0.6 is 0 Å². The van der Waals surface area contributed by atoms with E-state index in [0.717, 1.165) is 60.2 Å². The van der Waals surface area contributed by atoms with Crippen LogP contribution in [-0.4, -0.2) is 65.8 Å². The maximum Gasteiger partial charge on any atom is 0.320 e. The van der Waals surface area contributed by atoms with E-state index in [1.807, 2.05) is 44.4 Å². The first kappa shape index (κ1) is 29.3. The van der Waals surface area contributed by atoms with Crippen LogP contribution in [0, 0.1) is 0 Å². The highest BCUT2D eigenvalue weighted by Crippen LogP contribution is 2.36. The van der Waals surface area contributed by atoms with Crippen molar-refractivity contribution in [1.82, 2.24) is 15.5 Å². The lowest BCUT2D eigenvalue weighted by molar-refractivity contribution is -0.139. The zero-order valence-electron chi connectivity index (χ0n) is 22.7. The van der Waals surface area contributed by atoms with Crippen molar-refractivity contribution in [3.05, 3.63) is 59.2 Å². The number of carboxylic acids is 1. The minimum absolute atomic E-state index is 0.0936. The summed E-state index contributed by atoms with van der Waals surface area (Å²) in [5.74, 6) is 0.378. The Hall–Kier alpha value is -2.26. The van der Waals surface area contributed by atoms with Gasteiger partial charge in [-0.05, 0) is 63.2 Å². The van der Waals surface area contributed by atoms with E-state index >= 15 is 0 Å². The lowest BCUT2D eigenvalue weighted by Gasteiger charge is -2.24. The molecule has 2 aromatic carbocycles. The molecule has 0 saturated heterocycles. The Morgan fingerprint density at radius 1 is 1.22 bits per heavy atom. The number of nitrogens with one attached hydrogen (secondary N) is 2. The van der Waals surface area contributed by atoms with E-state index in [4.69, 9.17) is 4.74 Å². The van der Waals surface area contributed by atoms with Crippen molar-refractivity contribution in [1.29, 1.82) is 0 Å². The van der Waals surface area contributed by atoms with Gasteiger partial charge in [-0.1, -0.05) is 56.5 Å². The van der Waals surface area contributed by atoms with Crippen molar-refractivity contribution in [3.63, 3.8) is 0 Å². The summed E-state index contributed by atoms with van der Waals surface area (Å²) in [6.07, 6.45) is 5.48. The van der Waals surface area contributed by atoms with Crippen molar-refractivity contribution < 1.29 is 18.8 Å². The van der Waals surface area contributed by atoms with Crippen LogP contribution in [0.5, 0.6) is 5.75 Å². The number of fused-ring (bicyclic) bond motifs is 1. The highest BCUT2D eigenvalue weighted by atomic mass is 32.2. The van der Waals surface area contributed by atoms with E-state index in [2.05, 4.69) is 34.6 Å². The number of methoxy groups -OCH3 is 1. The molecule has 1 aliphatic rings. The molecule has 8 heteroatoms. The van der Waals surface area contributed by atoms with Gasteiger partial charge in [-0.2, -0.15) is 0 Å². The molecular weight excluding hydrogens is 486 g/mol. The van der Waals surface area contributed by atoms with Gasteiger partial charge < -0.3 is 25.4 Å². The molecule has 7 nitrogen and oxygen atoms in total. The minimum Gasteiger partial charge on any atom is -0.496 e. The van der Waals surface area contributed by atoms with Crippen LogP contribution in [0.25, 0.3) is 0 Å². The first-order valence-corrected chi connectivity index (χ1v) is 14.7. The fourth-order valence-electron chi connectivity index (χ4n) is 4.88. The van der Waals surface area contributed by atoms with Gasteiger partial charge in [0.2, 0.25) is 0 Å². The van der Waals surface area contributed by atoms with Crippen LogP contribution in [0.4, 0.5) is 0 Å². The number of benzene rings is 2. The number of aliphatic carboxylic acids is 1. The van der Waals surface area contributed by atoms with Crippen LogP contribution in [-0.2, 0) is 22.1 Å². The molecule has 204 valence electrons. The Morgan fingerprint density at radius 3 is 2.62 bits per heavy atom. The predicted molar refractivity (Wildman–Crippen MR) is 150 cm³/mol. The number of carbonyl (C=O) groups is 1. The molecule has 0 amide bonds. The average Bonchev–Trinajstić information content (AvgIpc) is 3.02. The maximum absolute atomic E-state index is 13.6. The number of hydrogen-bond acceptors (Lipinski definition) is 6. The SMILES string of the molecule is CCCCC1CS(=O)c2cc(CN[C@@H](CCCCN(C)C)C(=O)O)c(OC)cc2[C@@H](c2ccccc2)N1. The third-order valence-electron chi connectivity index (χ3n) is 6.95. The Kier molecular flexibility index (Phi) is 11.6. The van der Waals surface area contributed by atoms with E-state index in [9.17, 15) is 14.1 Å². The molecule has 0 radical (unpaired) electrons. The summed E-state index contributed by atoms with van der Waals surface area (Å²) < 4.78 is 19.4. The Morgan fingerprint density at radius 2 is 1.97 bits per heavy atom. The quantitative estimate of drug-likeness (QED) is 0.314. The van der Waals surface area contributed by atoms with Crippen LogP contribution in [0.3, 0.4) is 0 Å². The molecule has 3 N–H and O–H groups in total. The molecule has 0 fully saturated rings. The maximum atomic E-state index is 13.6. The molecule has 0 saturated carbocycles. The van der Waals surface area contributed by atoms with Crippen molar-refractivity contribution >= 4 is 16.8 Å². The van der Waals surface area contributed by atoms with Gasteiger partial charge in [-0.15, -0.1) is 0 Å². The highest BCUT2D eigenvalue weighted by molar-refractivity contribution is 7.85. The van der Waals surface area contributed by atoms with Gasteiger partial charge in [-0.25, -0.2) is 0 Å². The fraction of sp³-hybridized carbons (Fsp3) is 0.552. The van der Waals surface area contributed by atoms with Crippen LogP contribution < -0.4 is 15.4 Å². The standard InChI is InChI=1S/C29H43N3O4S/c1-5-6-14-23-20-37(35)27-17-22(19-30-25(29(33)34)15-10-11-16-32(2)3)26(36-4)18-24(27)28(31-23)21-12-8-7-9-13-21/h7-9,12-13,17-18,23,25,28,30-31H,5-6,10-11,14-16,19-20H2,1-4H3,(H,33,34)/t23?,25-,28+,37?/m0/s1. The number of unbranched alkanes of at least 4 members (excludes halogenated alkanes) is 2. The monoisotopic (exact) mass is 529 g/mol. The van der Waals surface area contributed by atoms with E-state index in [1.54, 1.807) is 7.11 Å². The lowest BCUT2D eigenvalue weighted by Crippen LogP contribution is -2.36. The van der Waals surface area contributed by atoms with Gasteiger partial charge in [0.1, 0.15) is 11.8 Å². The summed E-state index contributed by atoms with van der Waals surface area (Å²) in [5, 5.41) is 16.7. The molecule has 1 aliphatic heterocycles. The summed E-state index contributed by atoms with van der Waals surface area (Å²) in [7, 11) is 4.49. The zero-order valence-corrected chi connectivity index (χ0v) is 23.5. The normalized spacial score (nSPS) is 20.3. The third-order valence-corrected chi connectivity index (χ3v) is 8.50. The summed E-state index contributed by atoms with van der Waals surface area (Å²) in [6, 6.07) is 13.6. The van der Waals surface area contributed by atoms with E-state index in [-0.39, 0.29) is 12.1 Å². The second kappa shape index (κ2) is 14.6. The van der Waals surface area contributed by atoms with E-state index in [0.29, 0.717) is 24.5 Å². The molecule has 1 heterocycles. The molecule has 0 aliphatic carbocycles. The second-order valence-corrected chi connectivity index (χ2v) is 11.6. The second-order valence-electron chi connectivity index (χ2n) is 10.1. The van der Waals surface area contributed by atoms with Crippen LogP contribution in [0.2, 0.25) is 0 Å². The molecule has 37 heavy (non-hydrogen) atoms. The van der Waals surface area contributed by atoms with E-state index < -0.39 is 22.8 Å². The summed E-state index contributed by atoms with van der Waals surface area (Å²) in [6.45, 7) is 3.45. The topological polar surface area (TPSA) is 90.9 Å². The Bertz CT molecular complexity index is 1030. The van der Waals surface area contributed by atoms with Gasteiger partial charge in [0.25, 0.3) is 0 Å². The first-order chi connectivity index (χ1) is 17.8. The van der Waals surface area contributed by atoms with Crippen molar-refractivity contribution in [2.75, 3.05) is 33.5 Å². The largest absolute Gasteiger partial charge is 0.496 e. The van der Waals surface area contributed by atoms with Gasteiger partial charge in [0.05, 0.1) is 24.0 Å². The lowest BCUT2D eigenvalue weighted by atomic mass is 9.95. The summed E-state index contributed by atoms with van der Waals surface area (Å²) >= 11 is 0. The number of rotatable bonds is 14. The van der Waals surface area contributed by atoms with Crippen molar-refractivity contribution in [2.24, 2.45) is 0 Å². The van der Waals surface area contributed by atoms with Gasteiger partial charge >= 0.3 is 5.97 Å². The van der Waals surface area contributed by atoms with Crippen LogP contribution in [0.15, 0.2) is 47.4 Å². The van der Waals surface area contributed by atoms with Gasteiger partial charge in [0.15, 0.2) is 0 Å². The summed E-state index contributed by atoms with van der Waals surface area (Å²) in [4.78, 5) is 14.8. The molecule has 3 rings (SSSR count). The van der Waals surface area contributed by atoms with Gasteiger partial charge in [-0.3, -0.25) is 9.00 Å². The Balaban J connectivity index is 1.88. The zero-order chi connectivity index (χ0) is 26.8. The van der Waals surface area contributed by atoms with Crippen molar-refractivity contribution in [2.45, 2.75) is 75.0 Å². The molecular formula is C29H43N3O4S. The fourth-order valence-corrected chi connectivity index (χ4v) is 6.40. The Labute approximate surface area is 224 Å². The smallest absolute Gasteiger partial charge is 0.320 e. The van der Waals surface area contributed by atoms with Gasteiger partial charge in [0, 0.05) is 28.8 Å². The highest BCUT2D eigenvalue weighted by Gasteiger charge is 2.30. The molecule has 4 atom stereocenters. The first-order valence-electron chi connectivity index (χ1n) is 13.3. The summed E-state index contributed by atoms with van der Waals surface area (Å²) in [5.41, 5.74) is 2.91. The minimum atomic E-state index is -1.18. The molecule has 2 aromatic rings. The molecule has 0 bridgehead atoms. The van der Waals surface area contributed by atoms with Crippen molar-refractivity contribution in [3.8, 4) is 5.75 Å². The number of nitrogens with zero attached hydrogens (tertiary/aromatic N) is 1. The van der Waals surface area contributed by atoms with Crippen LogP contribution in [0.1, 0.15) is 68.2 Å². The number of hydrogen-bond donors (Lipinski definition) is 3. The number of ether oxygens (including phenoxy) is 1. The predicted octanol–water partition coefficient (Wildman–Crippen LogP) is 4.33. The molecule has 0 spiro atoms. The number of carboxylic acid groups (broad SMARTS) is 1. The molecule has 2 unspecified atom stereocenters. The van der Waals surface area contributed by atoms with E-state index in [1.165, 1.54) is 0 Å². The average molecular weight is 530 g/mol.